The molecule has 0 aliphatic carbocycles. The summed E-state index contributed by atoms with van der Waals surface area (Å²) in [4.78, 5) is 13.7. The van der Waals surface area contributed by atoms with Crippen LogP contribution in [0.25, 0.3) is 0 Å². The molecule has 1 aliphatic rings. The van der Waals surface area contributed by atoms with Gasteiger partial charge in [0.25, 0.3) is 0 Å². The molecule has 1 heterocycles. The van der Waals surface area contributed by atoms with Gasteiger partial charge < -0.3 is 9.69 Å². The number of carbonyl (C=O) groups is 1. The first-order chi connectivity index (χ1) is 8.00. The predicted molar refractivity (Wildman–Crippen MR) is 73.1 cm³/mol. The molecule has 1 fully saturated rings. The number of likely N-dealkylation sites (tertiary alicyclic amines) is 1. The Kier molecular flexibility index (Phi) is 5.64. The van der Waals surface area contributed by atoms with Crippen LogP contribution in [-0.4, -0.2) is 30.8 Å². The first-order valence-electron chi connectivity index (χ1n) is 7.19. The first kappa shape index (κ1) is 14.7. The molecular weight excluding hydrogens is 210 g/mol. The molecule has 1 saturated heterocycles. The van der Waals surface area contributed by atoms with Crippen LogP contribution in [0.2, 0.25) is 0 Å². The summed E-state index contributed by atoms with van der Waals surface area (Å²) in [5, 5.41) is 0. The minimum Gasteiger partial charge on any atom is -0.303 e. The number of aldehydes is 1. The van der Waals surface area contributed by atoms with Crippen molar-refractivity contribution in [2.45, 2.75) is 53.4 Å². The summed E-state index contributed by atoms with van der Waals surface area (Å²) in [5.41, 5.74) is -0.141. The quantitative estimate of drug-likeness (QED) is 0.686. The third-order valence-corrected chi connectivity index (χ3v) is 4.49. The highest BCUT2D eigenvalue weighted by atomic mass is 16.1. The monoisotopic (exact) mass is 239 g/mol. The molecule has 0 amide bonds. The normalized spacial score (nSPS) is 26.5. The average molecular weight is 239 g/mol. The zero-order chi connectivity index (χ0) is 12.9. The molecule has 2 unspecified atom stereocenters. The molecule has 0 aromatic carbocycles. The highest BCUT2D eigenvalue weighted by Gasteiger charge is 2.27. The van der Waals surface area contributed by atoms with E-state index in [-0.39, 0.29) is 5.41 Å². The van der Waals surface area contributed by atoms with E-state index in [9.17, 15) is 4.79 Å². The SMILES string of the molecule is CCC(C)(C=O)CN1CCCC(C(C)C)CC1. The van der Waals surface area contributed by atoms with Crippen LogP contribution in [-0.2, 0) is 4.79 Å². The molecular formula is C15H29NO. The fourth-order valence-electron chi connectivity index (χ4n) is 2.75. The van der Waals surface area contributed by atoms with Gasteiger partial charge >= 0.3 is 0 Å². The van der Waals surface area contributed by atoms with Gasteiger partial charge in [0.05, 0.1) is 0 Å². The fourth-order valence-corrected chi connectivity index (χ4v) is 2.75. The van der Waals surface area contributed by atoms with Crippen LogP contribution in [0.15, 0.2) is 0 Å². The molecule has 100 valence electrons. The molecule has 2 atom stereocenters. The number of rotatable bonds is 5. The summed E-state index contributed by atoms with van der Waals surface area (Å²) < 4.78 is 0. The van der Waals surface area contributed by atoms with E-state index in [1.165, 1.54) is 32.4 Å². The molecule has 0 aromatic heterocycles. The summed E-state index contributed by atoms with van der Waals surface area (Å²) in [7, 11) is 0. The van der Waals surface area contributed by atoms with E-state index in [1.807, 2.05) is 0 Å². The second-order valence-corrected chi connectivity index (χ2v) is 6.34. The van der Waals surface area contributed by atoms with Crippen LogP contribution < -0.4 is 0 Å². The maximum absolute atomic E-state index is 11.2. The van der Waals surface area contributed by atoms with Crippen molar-refractivity contribution < 1.29 is 4.79 Å². The maximum Gasteiger partial charge on any atom is 0.127 e. The number of nitrogens with zero attached hydrogens (tertiary/aromatic N) is 1. The van der Waals surface area contributed by atoms with E-state index < -0.39 is 0 Å². The van der Waals surface area contributed by atoms with E-state index in [0.717, 1.165) is 31.1 Å². The molecule has 0 spiro atoms. The lowest BCUT2D eigenvalue weighted by Gasteiger charge is -2.30. The third kappa shape index (κ3) is 4.42. The predicted octanol–water partition coefficient (Wildman–Crippen LogP) is 3.36. The van der Waals surface area contributed by atoms with Gasteiger partial charge in [0.15, 0.2) is 0 Å². The van der Waals surface area contributed by atoms with Gasteiger partial charge in [-0.2, -0.15) is 0 Å². The molecule has 1 rings (SSSR count). The Morgan fingerprint density at radius 2 is 2.06 bits per heavy atom. The average Bonchev–Trinajstić information content (AvgIpc) is 2.54. The first-order valence-corrected chi connectivity index (χ1v) is 7.19. The third-order valence-electron chi connectivity index (χ3n) is 4.49. The molecule has 0 N–H and O–H groups in total. The van der Waals surface area contributed by atoms with E-state index in [1.54, 1.807) is 0 Å². The summed E-state index contributed by atoms with van der Waals surface area (Å²) in [5.74, 6) is 1.68. The van der Waals surface area contributed by atoms with Crippen molar-refractivity contribution in [1.29, 1.82) is 0 Å². The fraction of sp³-hybridized carbons (Fsp3) is 0.933. The molecule has 0 radical (unpaired) electrons. The number of hydrogen-bond acceptors (Lipinski definition) is 2. The Morgan fingerprint density at radius 1 is 1.35 bits per heavy atom. The van der Waals surface area contributed by atoms with Crippen molar-refractivity contribution in [2.24, 2.45) is 17.3 Å². The Hall–Kier alpha value is -0.370. The van der Waals surface area contributed by atoms with Crippen LogP contribution in [0.1, 0.15) is 53.4 Å². The summed E-state index contributed by atoms with van der Waals surface area (Å²) >= 11 is 0. The lowest BCUT2D eigenvalue weighted by atomic mass is 9.88. The van der Waals surface area contributed by atoms with Crippen molar-refractivity contribution >= 4 is 6.29 Å². The zero-order valence-electron chi connectivity index (χ0n) is 12.0. The lowest BCUT2D eigenvalue weighted by molar-refractivity contribution is -0.116. The van der Waals surface area contributed by atoms with Crippen LogP contribution in [0, 0.1) is 17.3 Å². The molecule has 2 heteroatoms. The Labute approximate surface area is 107 Å². The van der Waals surface area contributed by atoms with Gasteiger partial charge in [0.2, 0.25) is 0 Å². The van der Waals surface area contributed by atoms with E-state index in [0.29, 0.717) is 0 Å². The van der Waals surface area contributed by atoms with Crippen molar-refractivity contribution in [1.82, 2.24) is 4.90 Å². The minimum atomic E-state index is -0.141. The van der Waals surface area contributed by atoms with Crippen molar-refractivity contribution in [3.8, 4) is 0 Å². The van der Waals surface area contributed by atoms with Crippen molar-refractivity contribution in [2.75, 3.05) is 19.6 Å². The standard InChI is InChI=1S/C15H29NO/c1-5-15(4,12-17)11-16-9-6-7-14(8-10-16)13(2)3/h12-14H,5-11H2,1-4H3. The second-order valence-electron chi connectivity index (χ2n) is 6.34. The molecule has 17 heavy (non-hydrogen) atoms. The molecule has 1 aliphatic heterocycles. The van der Waals surface area contributed by atoms with Gasteiger partial charge in [0.1, 0.15) is 6.29 Å². The maximum atomic E-state index is 11.2. The summed E-state index contributed by atoms with van der Waals surface area (Å²) in [6.45, 7) is 12.2. The molecule has 0 aromatic rings. The Balaban J connectivity index is 2.49. The molecule has 0 bridgehead atoms. The minimum absolute atomic E-state index is 0.141. The lowest BCUT2D eigenvalue weighted by Crippen LogP contribution is -2.37. The Bertz CT molecular complexity index is 239. The molecule has 2 nitrogen and oxygen atoms in total. The summed E-state index contributed by atoms with van der Waals surface area (Å²) in [6, 6.07) is 0. The van der Waals surface area contributed by atoms with Gasteiger partial charge in [-0.1, -0.05) is 27.7 Å². The van der Waals surface area contributed by atoms with Crippen LogP contribution >= 0.6 is 0 Å². The largest absolute Gasteiger partial charge is 0.303 e. The van der Waals surface area contributed by atoms with Gasteiger partial charge in [-0.05, 0) is 50.6 Å². The Morgan fingerprint density at radius 3 is 2.59 bits per heavy atom. The zero-order valence-corrected chi connectivity index (χ0v) is 12.0. The number of hydrogen-bond donors (Lipinski definition) is 0. The number of carbonyl (C=O) groups excluding carboxylic acids is 1. The second kappa shape index (κ2) is 6.53. The van der Waals surface area contributed by atoms with E-state index in [4.69, 9.17) is 0 Å². The van der Waals surface area contributed by atoms with Gasteiger partial charge in [-0.25, -0.2) is 0 Å². The van der Waals surface area contributed by atoms with Gasteiger partial charge in [-0.3, -0.25) is 0 Å². The van der Waals surface area contributed by atoms with Crippen LogP contribution in [0.5, 0.6) is 0 Å². The highest BCUT2D eigenvalue weighted by molar-refractivity contribution is 5.58. The van der Waals surface area contributed by atoms with Crippen molar-refractivity contribution in [3.05, 3.63) is 0 Å². The van der Waals surface area contributed by atoms with Crippen LogP contribution in [0.4, 0.5) is 0 Å². The van der Waals surface area contributed by atoms with Gasteiger partial charge in [-0.15, -0.1) is 0 Å². The molecule has 0 saturated carbocycles. The summed E-state index contributed by atoms with van der Waals surface area (Å²) in [6.07, 6.45) is 6.05. The smallest absolute Gasteiger partial charge is 0.127 e. The highest BCUT2D eigenvalue weighted by Crippen LogP contribution is 2.27. The van der Waals surface area contributed by atoms with E-state index >= 15 is 0 Å². The van der Waals surface area contributed by atoms with Crippen LogP contribution in [0.3, 0.4) is 0 Å². The van der Waals surface area contributed by atoms with Crippen molar-refractivity contribution in [3.63, 3.8) is 0 Å². The van der Waals surface area contributed by atoms with Gasteiger partial charge in [0, 0.05) is 12.0 Å². The topological polar surface area (TPSA) is 20.3 Å². The van der Waals surface area contributed by atoms with E-state index in [2.05, 4.69) is 32.6 Å².